The van der Waals surface area contributed by atoms with Crippen LogP contribution in [0.3, 0.4) is 0 Å². The van der Waals surface area contributed by atoms with Crippen LogP contribution in [0.1, 0.15) is 24.2 Å². The number of carboxylic acid groups (broad SMARTS) is 1. The van der Waals surface area contributed by atoms with E-state index in [1.807, 2.05) is 0 Å². The van der Waals surface area contributed by atoms with E-state index in [4.69, 9.17) is 5.11 Å². The normalized spacial score (nSPS) is 11.5. The number of anilines is 1. The summed E-state index contributed by atoms with van der Waals surface area (Å²) in [4.78, 5) is 32.7. The van der Waals surface area contributed by atoms with Crippen molar-refractivity contribution in [3.05, 3.63) is 33.9 Å². The Morgan fingerprint density at radius 2 is 2.10 bits per heavy atom. The maximum atomic E-state index is 11.7. The van der Waals surface area contributed by atoms with Crippen LogP contribution in [0.2, 0.25) is 0 Å². The van der Waals surface area contributed by atoms with Crippen molar-refractivity contribution in [2.24, 2.45) is 0 Å². The molecular formula is C12H15N3O5. The van der Waals surface area contributed by atoms with Gasteiger partial charge in [-0.2, -0.15) is 0 Å². The third-order valence-corrected chi connectivity index (χ3v) is 2.54. The molecule has 0 aliphatic carbocycles. The number of aliphatic carboxylic acids is 1. The van der Waals surface area contributed by atoms with Crippen LogP contribution in [0.5, 0.6) is 0 Å². The average Bonchev–Trinajstić information content (AvgIpc) is 2.38. The highest BCUT2D eigenvalue weighted by Crippen LogP contribution is 2.26. The molecule has 0 aliphatic heterocycles. The first-order valence-corrected chi connectivity index (χ1v) is 5.92. The fraction of sp³-hybridized carbons (Fsp3) is 0.333. The van der Waals surface area contributed by atoms with Crippen molar-refractivity contribution in [1.82, 2.24) is 5.32 Å². The van der Waals surface area contributed by atoms with E-state index in [9.17, 15) is 19.7 Å². The van der Waals surface area contributed by atoms with Gasteiger partial charge in [0.1, 0.15) is 11.7 Å². The lowest BCUT2D eigenvalue weighted by Gasteiger charge is -2.12. The molecule has 8 heteroatoms. The van der Waals surface area contributed by atoms with Crippen molar-refractivity contribution in [2.75, 3.05) is 11.9 Å². The van der Waals surface area contributed by atoms with Crippen molar-refractivity contribution in [1.29, 1.82) is 0 Å². The molecule has 0 radical (unpaired) electrons. The summed E-state index contributed by atoms with van der Waals surface area (Å²) in [5, 5.41) is 24.8. The predicted octanol–water partition coefficient (Wildman–Crippen LogP) is 1.23. The zero-order valence-electron chi connectivity index (χ0n) is 11.0. The first kappa shape index (κ1) is 15.4. The molecule has 0 bridgehead atoms. The van der Waals surface area contributed by atoms with E-state index in [0.717, 1.165) is 0 Å². The standard InChI is InChI=1S/C12H15N3O5/c1-3-13-11(16)8-4-5-10(15(19)20)9(6-8)14-7(2)12(17)18/h4-7,14H,3H2,1-2H3,(H,13,16)(H,17,18). The fourth-order valence-electron chi connectivity index (χ4n) is 1.51. The van der Waals surface area contributed by atoms with Gasteiger partial charge in [0, 0.05) is 18.2 Å². The predicted molar refractivity (Wildman–Crippen MR) is 71.8 cm³/mol. The number of hydrogen-bond acceptors (Lipinski definition) is 5. The molecule has 0 saturated heterocycles. The molecule has 3 N–H and O–H groups in total. The van der Waals surface area contributed by atoms with Crippen molar-refractivity contribution in [3.8, 4) is 0 Å². The van der Waals surface area contributed by atoms with Gasteiger partial charge >= 0.3 is 5.97 Å². The SMILES string of the molecule is CCNC(=O)c1ccc([N+](=O)[O-])c(NC(C)C(=O)O)c1. The molecule has 0 heterocycles. The Balaban J connectivity index is 3.15. The van der Waals surface area contributed by atoms with Crippen LogP contribution < -0.4 is 10.6 Å². The Morgan fingerprint density at radius 1 is 1.45 bits per heavy atom. The lowest BCUT2D eigenvalue weighted by atomic mass is 10.1. The maximum Gasteiger partial charge on any atom is 0.325 e. The van der Waals surface area contributed by atoms with E-state index in [0.29, 0.717) is 6.54 Å². The summed E-state index contributed by atoms with van der Waals surface area (Å²) in [6, 6.07) is 2.74. The summed E-state index contributed by atoms with van der Waals surface area (Å²) in [6.45, 7) is 3.52. The number of carbonyl (C=O) groups excluding carboxylic acids is 1. The van der Waals surface area contributed by atoms with Gasteiger partial charge in [-0.25, -0.2) is 0 Å². The third-order valence-electron chi connectivity index (χ3n) is 2.54. The van der Waals surface area contributed by atoms with Crippen LogP contribution in [0.15, 0.2) is 18.2 Å². The molecule has 1 rings (SSSR count). The van der Waals surface area contributed by atoms with Gasteiger partial charge in [0.05, 0.1) is 4.92 Å². The number of rotatable bonds is 6. The van der Waals surface area contributed by atoms with Gasteiger partial charge < -0.3 is 15.7 Å². The highest BCUT2D eigenvalue weighted by Gasteiger charge is 2.20. The Hall–Kier alpha value is -2.64. The van der Waals surface area contributed by atoms with Gasteiger partial charge in [0.15, 0.2) is 0 Å². The van der Waals surface area contributed by atoms with E-state index in [1.54, 1.807) is 6.92 Å². The van der Waals surface area contributed by atoms with Crippen LogP contribution in [0, 0.1) is 10.1 Å². The smallest absolute Gasteiger partial charge is 0.325 e. The quantitative estimate of drug-likeness (QED) is 0.532. The number of nitrogens with zero attached hydrogens (tertiary/aromatic N) is 1. The van der Waals surface area contributed by atoms with E-state index in [-0.39, 0.29) is 22.8 Å². The molecule has 0 saturated carbocycles. The lowest BCUT2D eigenvalue weighted by Crippen LogP contribution is -2.26. The zero-order valence-corrected chi connectivity index (χ0v) is 11.0. The molecule has 20 heavy (non-hydrogen) atoms. The Bertz CT molecular complexity index is 544. The number of nitrogens with one attached hydrogen (secondary N) is 2. The number of carbonyl (C=O) groups is 2. The van der Waals surface area contributed by atoms with Crippen LogP contribution >= 0.6 is 0 Å². The van der Waals surface area contributed by atoms with Gasteiger partial charge in [-0.1, -0.05) is 0 Å². The van der Waals surface area contributed by atoms with Crippen LogP contribution in [0.25, 0.3) is 0 Å². The Kier molecular flexibility index (Phi) is 5.01. The molecular weight excluding hydrogens is 266 g/mol. The van der Waals surface area contributed by atoms with Crippen LogP contribution in [-0.2, 0) is 4.79 Å². The molecule has 1 unspecified atom stereocenters. The van der Waals surface area contributed by atoms with Crippen molar-refractivity contribution in [2.45, 2.75) is 19.9 Å². The van der Waals surface area contributed by atoms with E-state index >= 15 is 0 Å². The molecule has 0 spiro atoms. The van der Waals surface area contributed by atoms with Crippen LogP contribution in [-0.4, -0.2) is 34.5 Å². The lowest BCUT2D eigenvalue weighted by molar-refractivity contribution is -0.384. The van der Waals surface area contributed by atoms with Gasteiger partial charge in [0.25, 0.3) is 11.6 Å². The average molecular weight is 281 g/mol. The minimum Gasteiger partial charge on any atom is -0.480 e. The van der Waals surface area contributed by atoms with Gasteiger partial charge in [-0.15, -0.1) is 0 Å². The first-order chi connectivity index (χ1) is 9.36. The molecule has 0 aromatic heterocycles. The molecule has 1 atom stereocenters. The summed E-state index contributed by atoms with van der Waals surface area (Å²) >= 11 is 0. The van der Waals surface area contributed by atoms with E-state index in [1.165, 1.54) is 25.1 Å². The minimum absolute atomic E-state index is 0.00588. The van der Waals surface area contributed by atoms with Gasteiger partial charge in [-0.05, 0) is 26.0 Å². The van der Waals surface area contributed by atoms with E-state index < -0.39 is 16.9 Å². The molecule has 8 nitrogen and oxygen atoms in total. The monoisotopic (exact) mass is 281 g/mol. The van der Waals surface area contributed by atoms with Crippen molar-refractivity contribution >= 4 is 23.3 Å². The zero-order chi connectivity index (χ0) is 15.3. The number of nitro benzene ring substituents is 1. The van der Waals surface area contributed by atoms with Gasteiger partial charge in [-0.3, -0.25) is 19.7 Å². The summed E-state index contributed by atoms with van der Waals surface area (Å²) in [5.74, 6) is -1.53. The Morgan fingerprint density at radius 3 is 2.60 bits per heavy atom. The summed E-state index contributed by atoms with van der Waals surface area (Å²) < 4.78 is 0. The number of carboxylic acids is 1. The molecule has 108 valence electrons. The second-order valence-corrected chi connectivity index (χ2v) is 4.05. The highest BCUT2D eigenvalue weighted by molar-refractivity contribution is 5.96. The molecule has 1 amide bonds. The largest absolute Gasteiger partial charge is 0.480 e. The first-order valence-electron chi connectivity index (χ1n) is 5.92. The summed E-state index contributed by atoms with van der Waals surface area (Å²) in [5.41, 5.74) is -0.0719. The maximum absolute atomic E-state index is 11.7. The topological polar surface area (TPSA) is 122 Å². The summed E-state index contributed by atoms with van der Waals surface area (Å²) in [6.07, 6.45) is 0. The van der Waals surface area contributed by atoms with Gasteiger partial charge in [0.2, 0.25) is 0 Å². The third kappa shape index (κ3) is 3.67. The molecule has 1 aromatic rings. The van der Waals surface area contributed by atoms with Crippen molar-refractivity contribution in [3.63, 3.8) is 0 Å². The minimum atomic E-state index is -1.15. The molecule has 0 aliphatic rings. The summed E-state index contributed by atoms with van der Waals surface area (Å²) in [7, 11) is 0. The molecule has 0 fully saturated rings. The highest BCUT2D eigenvalue weighted by atomic mass is 16.6. The Labute approximate surface area is 114 Å². The van der Waals surface area contributed by atoms with Crippen molar-refractivity contribution < 1.29 is 19.6 Å². The molecule has 1 aromatic carbocycles. The number of nitro groups is 1. The van der Waals surface area contributed by atoms with E-state index in [2.05, 4.69) is 10.6 Å². The number of amides is 1. The number of benzene rings is 1. The second-order valence-electron chi connectivity index (χ2n) is 4.05. The number of hydrogen-bond donors (Lipinski definition) is 3. The van der Waals surface area contributed by atoms with Crippen LogP contribution in [0.4, 0.5) is 11.4 Å². The fourth-order valence-corrected chi connectivity index (χ4v) is 1.51. The second kappa shape index (κ2) is 6.50.